The summed E-state index contributed by atoms with van der Waals surface area (Å²) in [6.07, 6.45) is 0.923. The molecule has 0 aliphatic heterocycles. The molecule has 2 aromatic heterocycles. The van der Waals surface area contributed by atoms with Gasteiger partial charge in [0.25, 0.3) is 6.43 Å². The number of anilines is 1. The first-order valence-corrected chi connectivity index (χ1v) is 7.07. The van der Waals surface area contributed by atoms with Crippen LogP contribution < -0.4 is 5.32 Å². The number of nitrogens with zero attached hydrogens (tertiary/aromatic N) is 4. The van der Waals surface area contributed by atoms with E-state index >= 15 is 0 Å². The van der Waals surface area contributed by atoms with E-state index in [1.807, 2.05) is 0 Å². The standard InChI is InChI=1S/C13H17F2N5O/c14-12(15)13-18-17-11-6-5-10(19-20(11)13)16-7-8-3-1-2-4-9(8)21/h5-6,8-9,12,21H,1-4,7H2,(H,16,19)/t8-,9+/m0/s1. The van der Waals surface area contributed by atoms with Crippen molar-refractivity contribution in [3.8, 4) is 0 Å². The average Bonchev–Trinajstić information content (AvgIpc) is 2.89. The second kappa shape index (κ2) is 5.88. The number of halogens is 2. The van der Waals surface area contributed by atoms with Gasteiger partial charge in [0.2, 0.25) is 5.82 Å². The molecule has 0 aromatic carbocycles. The average molecular weight is 297 g/mol. The summed E-state index contributed by atoms with van der Waals surface area (Å²) in [4.78, 5) is 0. The number of rotatable bonds is 4. The maximum absolute atomic E-state index is 12.8. The first-order chi connectivity index (χ1) is 10.1. The van der Waals surface area contributed by atoms with Crippen LogP contribution in [0.2, 0.25) is 0 Å². The summed E-state index contributed by atoms with van der Waals surface area (Å²) in [5.41, 5.74) is 0.286. The second-order valence-electron chi connectivity index (χ2n) is 5.34. The number of fused-ring (bicyclic) bond motifs is 1. The van der Waals surface area contributed by atoms with E-state index in [1.54, 1.807) is 12.1 Å². The van der Waals surface area contributed by atoms with Gasteiger partial charge in [-0.2, -0.15) is 4.52 Å². The lowest BCUT2D eigenvalue weighted by Crippen LogP contribution is -2.30. The van der Waals surface area contributed by atoms with Crippen LogP contribution >= 0.6 is 0 Å². The number of aliphatic hydroxyl groups excluding tert-OH is 1. The summed E-state index contributed by atoms with van der Waals surface area (Å²) in [5, 5.41) is 24.2. The molecule has 1 aliphatic rings. The minimum atomic E-state index is -2.72. The third-order valence-corrected chi connectivity index (χ3v) is 3.90. The van der Waals surface area contributed by atoms with Crippen LogP contribution in [-0.4, -0.2) is 37.6 Å². The molecule has 2 N–H and O–H groups in total. The van der Waals surface area contributed by atoms with Gasteiger partial charge in [-0.25, -0.2) is 8.78 Å². The number of hydrogen-bond donors (Lipinski definition) is 2. The van der Waals surface area contributed by atoms with Crippen LogP contribution in [0.4, 0.5) is 14.6 Å². The van der Waals surface area contributed by atoms with Crippen molar-refractivity contribution in [1.82, 2.24) is 19.8 Å². The Bertz CT molecular complexity index is 618. The molecule has 1 aliphatic carbocycles. The topological polar surface area (TPSA) is 75.3 Å². The van der Waals surface area contributed by atoms with Crippen LogP contribution in [-0.2, 0) is 0 Å². The molecule has 1 fully saturated rings. The van der Waals surface area contributed by atoms with Gasteiger partial charge >= 0.3 is 0 Å². The molecule has 0 bridgehead atoms. The fourth-order valence-corrected chi connectivity index (χ4v) is 2.70. The fraction of sp³-hybridized carbons (Fsp3) is 0.615. The minimum Gasteiger partial charge on any atom is -0.393 e. The molecule has 2 atom stereocenters. The highest BCUT2D eigenvalue weighted by Crippen LogP contribution is 2.24. The van der Waals surface area contributed by atoms with Crippen LogP contribution in [0.15, 0.2) is 12.1 Å². The number of alkyl halides is 2. The Hall–Kier alpha value is -1.83. The van der Waals surface area contributed by atoms with Crippen molar-refractivity contribution in [3.05, 3.63) is 18.0 Å². The Morgan fingerprint density at radius 1 is 1.29 bits per heavy atom. The third-order valence-electron chi connectivity index (χ3n) is 3.90. The van der Waals surface area contributed by atoms with E-state index in [1.165, 1.54) is 0 Å². The summed E-state index contributed by atoms with van der Waals surface area (Å²) in [6, 6.07) is 3.26. The number of aromatic nitrogens is 4. The van der Waals surface area contributed by atoms with Gasteiger partial charge in [0, 0.05) is 12.5 Å². The van der Waals surface area contributed by atoms with Crippen LogP contribution in [0.1, 0.15) is 37.9 Å². The van der Waals surface area contributed by atoms with Crippen molar-refractivity contribution < 1.29 is 13.9 Å². The molecule has 3 rings (SSSR count). The van der Waals surface area contributed by atoms with Crippen LogP contribution in [0.5, 0.6) is 0 Å². The largest absolute Gasteiger partial charge is 0.393 e. The summed E-state index contributed by atoms with van der Waals surface area (Å²) >= 11 is 0. The van der Waals surface area contributed by atoms with E-state index in [0.717, 1.165) is 30.2 Å². The van der Waals surface area contributed by atoms with E-state index in [0.29, 0.717) is 12.4 Å². The predicted octanol–water partition coefficient (Wildman–Crippen LogP) is 2.02. The Kier molecular flexibility index (Phi) is 3.96. The maximum atomic E-state index is 12.8. The Morgan fingerprint density at radius 3 is 2.86 bits per heavy atom. The van der Waals surface area contributed by atoms with Crippen molar-refractivity contribution in [2.45, 2.75) is 38.2 Å². The van der Waals surface area contributed by atoms with Crippen LogP contribution in [0.3, 0.4) is 0 Å². The molecular weight excluding hydrogens is 280 g/mol. The Labute approximate surface area is 120 Å². The van der Waals surface area contributed by atoms with E-state index in [2.05, 4.69) is 20.6 Å². The second-order valence-corrected chi connectivity index (χ2v) is 5.34. The molecular formula is C13H17F2N5O. The Morgan fingerprint density at radius 2 is 2.10 bits per heavy atom. The maximum Gasteiger partial charge on any atom is 0.299 e. The molecule has 1 saturated carbocycles. The fourth-order valence-electron chi connectivity index (χ4n) is 2.70. The van der Waals surface area contributed by atoms with Gasteiger partial charge in [0.1, 0.15) is 5.82 Å². The highest BCUT2D eigenvalue weighted by molar-refractivity contribution is 5.44. The monoisotopic (exact) mass is 297 g/mol. The number of hydrogen-bond acceptors (Lipinski definition) is 5. The number of nitrogens with one attached hydrogen (secondary N) is 1. The highest BCUT2D eigenvalue weighted by Gasteiger charge is 2.23. The van der Waals surface area contributed by atoms with Crippen molar-refractivity contribution >= 4 is 11.5 Å². The predicted molar refractivity (Wildman–Crippen MR) is 72.2 cm³/mol. The lowest BCUT2D eigenvalue weighted by molar-refractivity contribution is 0.0763. The summed E-state index contributed by atoms with van der Waals surface area (Å²) < 4.78 is 26.6. The molecule has 0 spiro atoms. The van der Waals surface area contributed by atoms with Crippen LogP contribution in [0, 0.1) is 5.92 Å². The zero-order valence-electron chi connectivity index (χ0n) is 11.4. The van der Waals surface area contributed by atoms with Gasteiger partial charge in [0.15, 0.2) is 5.65 Å². The smallest absolute Gasteiger partial charge is 0.299 e. The zero-order valence-corrected chi connectivity index (χ0v) is 11.4. The lowest BCUT2D eigenvalue weighted by Gasteiger charge is -2.27. The molecule has 8 heteroatoms. The van der Waals surface area contributed by atoms with Gasteiger partial charge in [-0.05, 0) is 25.0 Å². The van der Waals surface area contributed by atoms with E-state index in [4.69, 9.17) is 0 Å². The molecule has 2 aromatic rings. The molecule has 6 nitrogen and oxygen atoms in total. The summed E-state index contributed by atoms with van der Waals surface area (Å²) in [7, 11) is 0. The Balaban J connectivity index is 1.73. The van der Waals surface area contributed by atoms with Gasteiger partial charge in [0.05, 0.1) is 6.10 Å². The molecule has 2 heterocycles. The normalized spacial score (nSPS) is 22.9. The van der Waals surface area contributed by atoms with E-state index in [9.17, 15) is 13.9 Å². The molecule has 114 valence electrons. The third kappa shape index (κ3) is 2.94. The zero-order chi connectivity index (χ0) is 14.8. The van der Waals surface area contributed by atoms with Crippen LogP contribution in [0.25, 0.3) is 5.65 Å². The van der Waals surface area contributed by atoms with Gasteiger partial charge in [-0.3, -0.25) is 0 Å². The minimum absolute atomic E-state index is 0.173. The summed E-state index contributed by atoms with van der Waals surface area (Å²) in [5.74, 6) is 0.181. The van der Waals surface area contributed by atoms with Crippen molar-refractivity contribution in [3.63, 3.8) is 0 Å². The highest BCUT2D eigenvalue weighted by atomic mass is 19.3. The van der Waals surface area contributed by atoms with Gasteiger partial charge in [-0.15, -0.1) is 15.3 Å². The molecule has 21 heavy (non-hydrogen) atoms. The first kappa shape index (κ1) is 14.1. The molecule has 0 amide bonds. The molecule has 0 saturated heterocycles. The number of aliphatic hydroxyl groups is 1. The lowest BCUT2D eigenvalue weighted by atomic mass is 9.86. The SMILES string of the molecule is O[C@@H]1CCCC[C@H]1CNc1ccc2nnc(C(F)F)n2n1. The first-order valence-electron chi connectivity index (χ1n) is 7.07. The quantitative estimate of drug-likeness (QED) is 0.903. The van der Waals surface area contributed by atoms with Gasteiger partial charge in [-0.1, -0.05) is 12.8 Å². The van der Waals surface area contributed by atoms with Crippen molar-refractivity contribution in [2.24, 2.45) is 5.92 Å². The van der Waals surface area contributed by atoms with Gasteiger partial charge < -0.3 is 10.4 Å². The van der Waals surface area contributed by atoms with E-state index in [-0.39, 0.29) is 17.7 Å². The van der Waals surface area contributed by atoms with Crippen molar-refractivity contribution in [1.29, 1.82) is 0 Å². The van der Waals surface area contributed by atoms with E-state index < -0.39 is 12.2 Å². The molecule has 0 unspecified atom stereocenters. The summed E-state index contributed by atoms with van der Waals surface area (Å²) in [6.45, 7) is 0.575. The van der Waals surface area contributed by atoms with Crippen molar-refractivity contribution in [2.75, 3.05) is 11.9 Å². The molecule has 0 radical (unpaired) electrons.